The summed E-state index contributed by atoms with van der Waals surface area (Å²) in [5, 5.41) is 0. The lowest BCUT2D eigenvalue weighted by Crippen LogP contribution is -2.40. The summed E-state index contributed by atoms with van der Waals surface area (Å²) in [6.45, 7) is 0. The number of nitrogens with zero attached hydrogens (tertiary/aromatic N) is 2. The zero-order valence-electron chi connectivity index (χ0n) is 8.77. The number of aliphatic imine (C=N–C) groups is 1. The second-order valence-corrected chi connectivity index (χ2v) is 3.51. The Balaban J connectivity index is 2.07. The smallest absolute Gasteiger partial charge is 0.290 e. The molecule has 0 saturated carbocycles. The number of fused-ring (bicyclic) bond motifs is 1. The van der Waals surface area contributed by atoms with E-state index in [2.05, 4.69) is 25.8 Å². The fourth-order valence-corrected chi connectivity index (χ4v) is 1.58. The van der Waals surface area contributed by atoms with E-state index < -0.39 is 0 Å². The number of H-pyrrole nitrogens is 1. The molecule has 0 aliphatic carbocycles. The van der Waals surface area contributed by atoms with Crippen molar-refractivity contribution in [2.24, 2.45) is 4.99 Å². The van der Waals surface area contributed by atoms with Crippen LogP contribution >= 0.6 is 0 Å². The normalized spacial score (nSPS) is 14.1. The second kappa shape index (κ2) is 3.75. The van der Waals surface area contributed by atoms with E-state index >= 15 is 0 Å². The number of aromatic nitrogens is 2. The first kappa shape index (κ1) is 9.59. The lowest BCUT2D eigenvalue weighted by atomic mass is 10.2. The average Bonchev–Trinajstić information content (AvgIpc) is 2.77. The maximum Gasteiger partial charge on any atom is 0.290 e. The van der Waals surface area contributed by atoms with Gasteiger partial charge in [-0.3, -0.25) is 15.6 Å². The molecule has 3 rings (SSSR count). The number of rotatable bonds is 1. The maximum atomic E-state index is 11.6. The number of amides is 1. The molecule has 1 aliphatic rings. The van der Waals surface area contributed by atoms with E-state index in [0.29, 0.717) is 17.3 Å². The zero-order valence-corrected chi connectivity index (χ0v) is 8.77. The van der Waals surface area contributed by atoms with E-state index in [9.17, 15) is 4.79 Å². The fourth-order valence-electron chi connectivity index (χ4n) is 1.58. The minimum Gasteiger partial charge on any atom is -0.339 e. The van der Waals surface area contributed by atoms with Gasteiger partial charge >= 0.3 is 0 Å². The van der Waals surface area contributed by atoms with Crippen LogP contribution < -0.4 is 10.9 Å². The molecule has 0 fully saturated rings. The third-order valence-electron chi connectivity index (χ3n) is 2.41. The molecule has 2 aromatic rings. The summed E-state index contributed by atoms with van der Waals surface area (Å²) in [5.74, 6) is 0.656. The van der Waals surface area contributed by atoms with Gasteiger partial charge in [-0.15, -0.1) is 0 Å². The van der Waals surface area contributed by atoms with Crippen LogP contribution in [0.5, 0.6) is 0 Å². The van der Waals surface area contributed by atoms with Crippen molar-refractivity contribution in [3.05, 3.63) is 47.9 Å². The molecule has 84 valence electrons. The largest absolute Gasteiger partial charge is 0.339 e. The van der Waals surface area contributed by atoms with Gasteiger partial charge in [0.1, 0.15) is 0 Å². The number of hydrogen-bond donors (Lipinski definition) is 3. The lowest BCUT2D eigenvalue weighted by Gasteiger charge is -2.07. The molecule has 0 radical (unpaired) electrons. The van der Waals surface area contributed by atoms with Crippen molar-refractivity contribution < 1.29 is 4.79 Å². The van der Waals surface area contributed by atoms with Gasteiger partial charge < -0.3 is 4.98 Å². The number of amidine groups is 1. The summed E-state index contributed by atoms with van der Waals surface area (Å²) in [6, 6.07) is 9.51. The Bertz CT molecular complexity index is 587. The number of carbonyl (C=O) groups is 1. The number of imidazole rings is 1. The van der Waals surface area contributed by atoms with Crippen LogP contribution in [0.25, 0.3) is 0 Å². The molecule has 0 saturated heterocycles. The second-order valence-electron chi connectivity index (χ2n) is 3.51. The predicted molar refractivity (Wildman–Crippen MR) is 61.8 cm³/mol. The van der Waals surface area contributed by atoms with E-state index in [1.807, 2.05) is 30.3 Å². The molecule has 0 spiro atoms. The molecule has 1 aliphatic heterocycles. The number of hydrogen-bond acceptors (Lipinski definition) is 4. The number of nitrogens with one attached hydrogen (secondary N) is 3. The van der Waals surface area contributed by atoms with Gasteiger partial charge in [0, 0.05) is 5.56 Å². The van der Waals surface area contributed by atoms with Gasteiger partial charge in [-0.2, -0.15) is 0 Å². The highest BCUT2D eigenvalue weighted by Gasteiger charge is 2.19. The topological polar surface area (TPSA) is 82.2 Å². The molecule has 6 nitrogen and oxygen atoms in total. The van der Waals surface area contributed by atoms with Crippen LogP contribution in [0.2, 0.25) is 0 Å². The van der Waals surface area contributed by atoms with Crippen LogP contribution in [0.4, 0.5) is 5.82 Å². The summed E-state index contributed by atoms with van der Waals surface area (Å²) < 4.78 is 0. The summed E-state index contributed by atoms with van der Waals surface area (Å²) >= 11 is 0. The molecule has 3 N–H and O–H groups in total. The Kier molecular flexibility index (Phi) is 2.11. The highest BCUT2D eigenvalue weighted by molar-refractivity contribution is 6.06. The van der Waals surface area contributed by atoms with E-state index in [-0.39, 0.29) is 5.91 Å². The van der Waals surface area contributed by atoms with Crippen molar-refractivity contribution >= 4 is 17.6 Å². The minimum absolute atomic E-state index is 0.285. The van der Waals surface area contributed by atoms with Crippen LogP contribution in [-0.4, -0.2) is 21.7 Å². The molecular formula is C11H9N5O. The Hall–Kier alpha value is -2.63. The average molecular weight is 227 g/mol. The minimum atomic E-state index is -0.285. The highest BCUT2D eigenvalue weighted by atomic mass is 16.2. The van der Waals surface area contributed by atoms with Crippen molar-refractivity contribution in [3.63, 3.8) is 0 Å². The standard InChI is InChI=1S/C11H9N5O/c17-11-8-10(13-6-12-8)14-9(15-16-11)7-4-2-1-3-5-7/h1-6H,(H,12,13)(H,14,15)(H,16,17). The van der Waals surface area contributed by atoms with Crippen LogP contribution in [0.3, 0.4) is 0 Å². The first-order valence-corrected chi connectivity index (χ1v) is 5.08. The molecule has 2 heterocycles. The highest BCUT2D eigenvalue weighted by Crippen LogP contribution is 2.16. The van der Waals surface area contributed by atoms with Gasteiger partial charge in [-0.05, 0) is 0 Å². The molecular weight excluding hydrogens is 218 g/mol. The van der Waals surface area contributed by atoms with Gasteiger partial charge in [-0.1, -0.05) is 30.3 Å². The quantitative estimate of drug-likeness (QED) is 0.671. The van der Waals surface area contributed by atoms with Crippen molar-refractivity contribution in [3.8, 4) is 0 Å². The first-order valence-electron chi connectivity index (χ1n) is 5.08. The van der Waals surface area contributed by atoms with E-state index in [1.54, 1.807) is 0 Å². The van der Waals surface area contributed by atoms with E-state index in [1.165, 1.54) is 6.33 Å². The van der Waals surface area contributed by atoms with Gasteiger partial charge in [0.2, 0.25) is 0 Å². The molecule has 0 atom stereocenters. The van der Waals surface area contributed by atoms with E-state index in [0.717, 1.165) is 5.56 Å². The van der Waals surface area contributed by atoms with Crippen molar-refractivity contribution in [1.82, 2.24) is 20.8 Å². The van der Waals surface area contributed by atoms with Gasteiger partial charge in [-0.25, -0.2) is 9.98 Å². The van der Waals surface area contributed by atoms with Crippen LogP contribution in [-0.2, 0) is 0 Å². The SMILES string of the molecule is O=C1NNC(c2ccccc2)=Nc2nc[nH]c21. The number of benzene rings is 1. The zero-order chi connectivity index (χ0) is 11.7. The Labute approximate surface area is 96.8 Å². The number of hydrazine groups is 1. The van der Waals surface area contributed by atoms with Crippen LogP contribution in [0.1, 0.15) is 16.1 Å². The molecule has 1 aromatic carbocycles. The fraction of sp³-hybridized carbons (Fsp3) is 0. The molecule has 1 amide bonds. The summed E-state index contributed by atoms with van der Waals surface area (Å²) in [5.41, 5.74) is 6.54. The number of aromatic amines is 1. The monoisotopic (exact) mass is 227 g/mol. The number of carbonyl (C=O) groups excluding carboxylic acids is 1. The third-order valence-corrected chi connectivity index (χ3v) is 2.41. The molecule has 0 unspecified atom stereocenters. The maximum absolute atomic E-state index is 11.6. The van der Waals surface area contributed by atoms with Gasteiger partial charge in [0.15, 0.2) is 17.3 Å². The van der Waals surface area contributed by atoms with Crippen molar-refractivity contribution in [1.29, 1.82) is 0 Å². The van der Waals surface area contributed by atoms with E-state index in [4.69, 9.17) is 0 Å². The Morgan fingerprint density at radius 1 is 1.06 bits per heavy atom. The molecule has 0 bridgehead atoms. The lowest BCUT2D eigenvalue weighted by molar-refractivity contribution is 0.0941. The first-order chi connectivity index (χ1) is 8.34. The van der Waals surface area contributed by atoms with Gasteiger partial charge in [0.25, 0.3) is 5.91 Å². The summed E-state index contributed by atoms with van der Waals surface area (Å²) in [4.78, 5) is 22.7. The van der Waals surface area contributed by atoms with Crippen molar-refractivity contribution in [2.45, 2.75) is 0 Å². The third kappa shape index (κ3) is 1.65. The van der Waals surface area contributed by atoms with Gasteiger partial charge in [0.05, 0.1) is 6.33 Å². The van der Waals surface area contributed by atoms with Crippen LogP contribution in [0, 0.1) is 0 Å². The predicted octanol–water partition coefficient (Wildman–Crippen LogP) is 0.736. The Morgan fingerprint density at radius 3 is 2.71 bits per heavy atom. The Morgan fingerprint density at radius 2 is 1.88 bits per heavy atom. The van der Waals surface area contributed by atoms with Crippen molar-refractivity contribution in [2.75, 3.05) is 0 Å². The molecule has 17 heavy (non-hydrogen) atoms. The summed E-state index contributed by atoms with van der Waals surface area (Å²) in [6.07, 6.45) is 1.45. The van der Waals surface area contributed by atoms with Crippen LogP contribution in [0.15, 0.2) is 41.7 Å². The summed E-state index contributed by atoms with van der Waals surface area (Å²) in [7, 11) is 0. The molecule has 1 aromatic heterocycles. The molecule has 6 heteroatoms.